The van der Waals surface area contributed by atoms with Gasteiger partial charge in [-0.1, -0.05) is 0 Å². The molecule has 0 fully saturated rings. The smallest absolute Gasteiger partial charge is 0.348 e. The lowest BCUT2D eigenvalue weighted by atomic mass is 10.2. The molecule has 0 saturated carbocycles. The Hall–Kier alpha value is -2.61. The molecule has 0 saturated heterocycles. The molecule has 0 amide bonds. The predicted molar refractivity (Wildman–Crippen MR) is 57.9 cm³/mol. The minimum atomic E-state index is -1.41. The molecule has 8 nitrogen and oxygen atoms in total. The van der Waals surface area contributed by atoms with Gasteiger partial charge in [-0.2, -0.15) is 10.5 Å². The van der Waals surface area contributed by atoms with Gasteiger partial charge in [0.05, 0.1) is 31.4 Å². The topological polar surface area (TPSA) is 126 Å². The molecule has 0 aromatic rings. The zero-order chi connectivity index (χ0) is 14.5. The molecule has 0 heterocycles. The Morgan fingerprint density at radius 3 is 2.21 bits per heavy atom. The van der Waals surface area contributed by atoms with Crippen molar-refractivity contribution in [2.75, 3.05) is 13.2 Å². The fourth-order valence-electron chi connectivity index (χ4n) is 0.965. The van der Waals surface area contributed by atoms with Gasteiger partial charge in [-0.3, -0.25) is 9.59 Å². The Kier molecular flexibility index (Phi) is 9.09. The van der Waals surface area contributed by atoms with Gasteiger partial charge < -0.3 is 14.2 Å². The quantitative estimate of drug-likeness (QED) is 0.244. The van der Waals surface area contributed by atoms with E-state index in [0.29, 0.717) is 0 Å². The molecule has 1 atom stereocenters. The lowest BCUT2D eigenvalue weighted by Gasteiger charge is -2.12. The van der Waals surface area contributed by atoms with Crippen LogP contribution in [0.2, 0.25) is 0 Å². The van der Waals surface area contributed by atoms with E-state index >= 15 is 0 Å². The van der Waals surface area contributed by atoms with Crippen LogP contribution < -0.4 is 0 Å². The Balaban J connectivity index is 4.20. The molecule has 0 radical (unpaired) electrons. The first-order valence-electron chi connectivity index (χ1n) is 5.31. The Bertz CT molecular complexity index is 395. The van der Waals surface area contributed by atoms with E-state index < -0.39 is 24.5 Å². The van der Waals surface area contributed by atoms with Crippen molar-refractivity contribution in [2.45, 2.75) is 25.4 Å². The van der Waals surface area contributed by atoms with Gasteiger partial charge in [0, 0.05) is 0 Å². The van der Waals surface area contributed by atoms with Crippen LogP contribution in [0.3, 0.4) is 0 Å². The van der Waals surface area contributed by atoms with Gasteiger partial charge in [-0.25, -0.2) is 4.79 Å². The molecule has 102 valence electrons. The van der Waals surface area contributed by atoms with E-state index in [2.05, 4.69) is 14.2 Å². The summed E-state index contributed by atoms with van der Waals surface area (Å²) in [5.41, 5.74) is 0. The van der Waals surface area contributed by atoms with E-state index in [1.807, 2.05) is 0 Å². The molecule has 0 aliphatic heterocycles. The van der Waals surface area contributed by atoms with Crippen LogP contribution in [0.25, 0.3) is 0 Å². The zero-order valence-electron chi connectivity index (χ0n) is 10.0. The van der Waals surface area contributed by atoms with E-state index in [9.17, 15) is 14.4 Å². The van der Waals surface area contributed by atoms with Gasteiger partial charge >= 0.3 is 11.9 Å². The molecular weight excluding hydrogens is 256 g/mol. The van der Waals surface area contributed by atoms with Crippen LogP contribution in [0.15, 0.2) is 0 Å². The van der Waals surface area contributed by atoms with Crippen molar-refractivity contribution in [3.8, 4) is 12.1 Å². The summed E-state index contributed by atoms with van der Waals surface area (Å²) < 4.78 is 13.6. The minimum Gasteiger partial charge on any atom is -0.464 e. The van der Waals surface area contributed by atoms with E-state index in [0.717, 1.165) is 0 Å². The average molecular weight is 268 g/mol. The van der Waals surface area contributed by atoms with Gasteiger partial charge in [-0.15, -0.1) is 0 Å². The molecule has 0 rings (SSSR count). The molecular formula is C11H12N2O6. The Morgan fingerprint density at radius 1 is 1.11 bits per heavy atom. The number of rotatable bonds is 9. The second-order valence-electron chi connectivity index (χ2n) is 3.13. The van der Waals surface area contributed by atoms with E-state index in [-0.39, 0.29) is 32.5 Å². The third kappa shape index (κ3) is 8.16. The molecule has 0 aliphatic carbocycles. The summed E-state index contributed by atoms with van der Waals surface area (Å²) in [6.45, 7) is -0.247. The first kappa shape index (κ1) is 16.4. The molecule has 0 aromatic carbocycles. The van der Waals surface area contributed by atoms with Gasteiger partial charge in [0.15, 0.2) is 0 Å². The number of nitriles is 2. The van der Waals surface area contributed by atoms with Crippen molar-refractivity contribution < 1.29 is 28.6 Å². The fraction of sp³-hybridized carbons (Fsp3) is 0.545. The second-order valence-corrected chi connectivity index (χ2v) is 3.13. The molecule has 0 aliphatic rings. The highest BCUT2D eigenvalue weighted by Gasteiger charge is 2.25. The van der Waals surface area contributed by atoms with Crippen molar-refractivity contribution >= 4 is 18.4 Å². The average Bonchev–Trinajstić information content (AvgIpc) is 2.38. The largest absolute Gasteiger partial charge is 0.464 e. The third-order valence-electron chi connectivity index (χ3n) is 1.77. The fourth-order valence-corrected chi connectivity index (χ4v) is 0.965. The zero-order valence-corrected chi connectivity index (χ0v) is 10.0. The van der Waals surface area contributed by atoms with Crippen LogP contribution in [0, 0.1) is 22.7 Å². The second kappa shape index (κ2) is 10.5. The van der Waals surface area contributed by atoms with E-state index in [1.54, 1.807) is 12.1 Å². The Morgan fingerprint density at radius 2 is 1.68 bits per heavy atom. The van der Waals surface area contributed by atoms with Gasteiger partial charge in [0.1, 0.15) is 13.2 Å². The standard InChI is InChI=1S/C11H12N2O6/c12-3-1-5-17-10(15)7-9(19-8-14)11(16)18-6-2-4-13/h8-9H,1-2,5-7H2. The molecule has 0 N–H and O–H groups in total. The normalized spacial score (nSPS) is 10.4. The highest BCUT2D eigenvalue weighted by atomic mass is 16.6. The molecule has 8 heteroatoms. The predicted octanol–water partition coefficient (Wildman–Crippen LogP) is -0.168. The maximum Gasteiger partial charge on any atom is 0.348 e. The molecule has 19 heavy (non-hydrogen) atoms. The number of ether oxygens (including phenoxy) is 3. The van der Waals surface area contributed by atoms with Crippen LogP contribution >= 0.6 is 0 Å². The van der Waals surface area contributed by atoms with Crippen LogP contribution in [-0.4, -0.2) is 37.7 Å². The summed E-state index contributed by atoms with van der Waals surface area (Å²) in [5, 5.41) is 16.5. The highest BCUT2D eigenvalue weighted by molar-refractivity contribution is 5.82. The molecule has 1 unspecified atom stereocenters. The van der Waals surface area contributed by atoms with E-state index in [1.165, 1.54) is 0 Å². The summed E-state index contributed by atoms with van der Waals surface area (Å²) in [5.74, 6) is -1.72. The van der Waals surface area contributed by atoms with Crippen molar-refractivity contribution in [2.24, 2.45) is 0 Å². The first-order chi connectivity index (χ1) is 9.15. The number of hydrogen-bond acceptors (Lipinski definition) is 8. The number of carbonyl (C=O) groups is 3. The summed E-state index contributed by atoms with van der Waals surface area (Å²) in [4.78, 5) is 32.9. The number of hydrogen-bond donors (Lipinski definition) is 0. The number of esters is 2. The molecule has 0 spiro atoms. The summed E-state index contributed by atoms with van der Waals surface area (Å²) in [7, 11) is 0. The summed E-state index contributed by atoms with van der Waals surface area (Å²) in [6, 6.07) is 3.53. The summed E-state index contributed by atoms with van der Waals surface area (Å²) >= 11 is 0. The van der Waals surface area contributed by atoms with Crippen molar-refractivity contribution in [1.82, 2.24) is 0 Å². The van der Waals surface area contributed by atoms with Gasteiger partial charge in [0.2, 0.25) is 6.10 Å². The molecule has 0 bridgehead atoms. The summed E-state index contributed by atoms with van der Waals surface area (Å²) in [6.07, 6.45) is -1.90. The van der Waals surface area contributed by atoms with Crippen LogP contribution in [-0.2, 0) is 28.6 Å². The number of nitrogens with zero attached hydrogens (tertiary/aromatic N) is 2. The van der Waals surface area contributed by atoms with Crippen molar-refractivity contribution in [3.05, 3.63) is 0 Å². The lowest BCUT2D eigenvalue weighted by Crippen LogP contribution is -2.30. The van der Waals surface area contributed by atoms with Crippen molar-refractivity contribution in [1.29, 1.82) is 10.5 Å². The third-order valence-corrected chi connectivity index (χ3v) is 1.77. The van der Waals surface area contributed by atoms with Crippen LogP contribution in [0.5, 0.6) is 0 Å². The Labute approximate surface area is 109 Å². The first-order valence-corrected chi connectivity index (χ1v) is 5.31. The van der Waals surface area contributed by atoms with Crippen LogP contribution in [0.4, 0.5) is 0 Å². The minimum absolute atomic E-state index is 0.00777. The SMILES string of the molecule is N#CCCOC(=O)CC(OC=O)C(=O)OCCC#N. The highest BCUT2D eigenvalue weighted by Crippen LogP contribution is 2.03. The number of carbonyl (C=O) groups excluding carboxylic acids is 3. The van der Waals surface area contributed by atoms with Gasteiger partial charge in [0.25, 0.3) is 6.47 Å². The van der Waals surface area contributed by atoms with Crippen molar-refractivity contribution in [3.63, 3.8) is 0 Å². The van der Waals surface area contributed by atoms with Crippen LogP contribution in [0.1, 0.15) is 19.3 Å². The maximum absolute atomic E-state index is 11.4. The van der Waals surface area contributed by atoms with E-state index in [4.69, 9.17) is 10.5 Å². The lowest BCUT2D eigenvalue weighted by molar-refractivity contribution is -0.166. The molecule has 0 aromatic heterocycles. The van der Waals surface area contributed by atoms with Gasteiger partial charge in [-0.05, 0) is 0 Å². The maximum atomic E-state index is 11.4. The monoisotopic (exact) mass is 268 g/mol.